The quantitative estimate of drug-likeness (QED) is 0.425. The second kappa shape index (κ2) is 5.00. The molecule has 0 spiro atoms. The van der Waals surface area contributed by atoms with Crippen molar-refractivity contribution in [2.75, 3.05) is 0 Å². The number of Topliss-reactive ketones (excluding diaryl/α,β-unsaturated/α-hetero) is 2. The van der Waals surface area contributed by atoms with Gasteiger partial charge in [0.2, 0.25) is 11.6 Å². The molecule has 2 aromatic carbocycles. The van der Waals surface area contributed by atoms with Crippen molar-refractivity contribution in [3.63, 3.8) is 0 Å². The molecule has 0 atom stereocenters. The minimum atomic E-state index is -0.596. The number of hydrogen-bond donors (Lipinski definition) is 0. The standard InChI is InChI=1S/C14H6N4O2S2/c19-13(7-4-5-10-9(6-7)15-17-21-10)14(20)8-2-1-3-11-12(8)16-18-22-11/h1-6H. The van der Waals surface area contributed by atoms with Gasteiger partial charge in [-0.1, -0.05) is 15.0 Å². The molecule has 22 heavy (non-hydrogen) atoms. The minimum Gasteiger partial charge on any atom is -0.285 e. The van der Waals surface area contributed by atoms with Gasteiger partial charge < -0.3 is 0 Å². The predicted octanol–water partition coefficient (Wildman–Crippen LogP) is 2.76. The minimum absolute atomic E-state index is 0.271. The molecule has 0 N–H and O–H groups in total. The highest BCUT2D eigenvalue weighted by Gasteiger charge is 2.22. The summed E-state index contributed by atoms with van der Waals surface area (Å²) >= 11 is 2.43. The number of hydrogen-bond acceptors (Lipinski definition) is 8. The fourth-order valence-corrected chi connectivity index (χ4v) is 3.29. The molecule has 6 nitrogen and oxygen atoms in total. The summed E-state index contributed by atoms with van der Waals surface area (Å²) in [5, 5.41) is 7.85. The number of rotatable bonds is 3. The molecule has 0 saturated heterocycles. The van der Waals surface area contributed by atoms with E-state index in [0.29, 0.717) is 16.6 Å². The predicted molar refractivity (Wildman–Crippen MR) is 83.5 cm³/mol. The molecular weight excluding hydrogens is 320 g/mol. The molecule has 0 radical (unpaired) electrons. The molecule has 0 aliphatic rings. The molecule has 0 aliphatic heterocycles. The van der Waals surface area contributed by atoms with Gasteiger partial charge in [0, 0.05) is 5.56 Å². The van der Waals surface area contributed by atoms with Crippen LogP contribution in [0.4, 0.5) is 0 Å². The average molecular weight is 326 g/mol. The number of carbonyl (C=O) groups excluding carboxylic acids is 2. The van der Waals surface area contributed by atoms with E-state index in [1.54, 1.807) is 30.3 Å². The van der Waals surface area contributed by atoms with E-state index in [2.05, 4.69) is 19.2 Å². The Morgan fingerprint density at radius 1 is 0.864 bits per heavy atom. The van der Waals surface area contributed by atoms with E-state index in [1.807, 2.05) is 6.07 Å². The van der Waals surface area contributed by atoms with Crippen molar-refractivity contribution in [3.8, 4) is 0 Å². The number of benzene rings is 2. The maximum atomic E-state index is 12.5. The van der Waals surface area contributed by atoms with Crippen LogP contribution in [0.1, 0.15) is 20.7 Å². The average Bonchev–Trinajstić information content (AvgIpc) is 3.20. The maximum Gasteiger partial charge on any atom is 0.235 e. The van der Waals surface area contributed by atoms with Gasteiger partial charge in [0.1, 0.15) is 11.0 Å². The molecule has 106 valence electrons. The lowest BCUT2D eigenvalue weighted by Gasteiger charge is -2.01. The number of ketones is 2. The third kappa shape index (κ3) is 2.00. The normalized spacial score (nSPS) is 11.1. The van der Waals surface area contributed by atoms with Crippen LogP contribution in [-0.4, -0.2) is 30.7 Å². The second-order valence-electron chi connectivity index (χ2n) is 4.54. The van der Waals surface area contributed by atoms with Crippen molar-refractivity contribution < 1.29 is 9.59 Å². The Kier molecular flexibility index (Phi) is 2.98. The molecule has 8 heteroatoms. The molecule has 2 aromatic heterocycles. The van der Waals surface area contributed by atoms with Crippen molar-refractivity contribution in [1.29, 1.82) is 0 Å². The zero-order valence-electron chi connectivity index (χ0n) is 10.9. The van der Waals surface area contributed by atoms with Gasteiger partial charge >= 0.3 is 0 Å². The fraction of sp³-hybridized carbons (Fsp3) is 0. The summed E-state index contributed by atoms with van der Waals surface area (Å²) in [6.45, 7) is 0. The highest BCUT2D eigenvalue weighted by Crippen LogP contribution is 2.22. The van der Waals surface area contributed by atoms with Gasteiger partial charge in [0.05, 0.1) is 15.0 Å². The van der Waals surface area contributed by atoms with Gasteiger partial charge in [-0.05, 0) is 53.4 Å². The molecule has 0 amide bonds. The van der Waals surface area contributed by atoms with Crippen molar-refractivity contribution >= 4 is 55.1 Å². The number of nitrogens with zero attached hydrogens (tertiary/aromatic N) is 4. The SMILES string of the molecule is O=C(C(=O)c1cccc2snnc12)c1ccc2snnc2c1. The first-order valence-electron chi connectivity index (χ1n) is 6.26. The number of aromatic nitrogens is 4. The van der Waals surface area contributed by atoms with Crippen LogP contribution in [0.3, 0.4) is 0 Å². The van der Waals surface area contributed by atoms with Crippen molar-refractivity contribution in [1.82, 2.24) is 19.2 Å². The zero-order chi connectivity index (χ0) is 15.1. The van der Waals surface area contributed by atoms with Gasteiger partial charge in [0.25, 0.3) is 0 Å². The van der Waals surface area contributed by atoms with E-state index < -0.39 is 11.6 Å². The van der Waals surface area contributed by atoms with Crippen LogP contribution >= 0.6 is 23.1 Å². The van der Waals surface area contributed by atoms with E-state index in [1.165, 1.54) is 23.1 Å². The topological polar surface area (TPSA) is 85.7 Å². The maximum absolute atomic E-state index is 12.5. The Labute approximate surface area is 131 Å². The Morgan fingerprint density at radius 2 is 1.68 bits per heavy atom. The van der Waals surface area contributed by atoms with E-state index in [0.717, 1.165) is 9.40 Å². The van der Waals surface area contributed by atoms with Gasteiger partial charge in [-0.2, -0.15) is 0 Å². The van der Waals surface area contributed by atoms with Gasteiger partial charge in [-0.15, -0.1) is 10.2 Å². The Morgan fingerprint density at radius 3 is 2.59 bits per heavy atom. The summed E-state index contributed by atoms with van der Waals surface area (Å²) in [5.74, 6) is -1.18. The third-order valence-corrected chi connectivity index (χ3v) is 4.63. The molecule has 4 rings (SSSR count). The summed E-state index contributed by atoms with van der Waals surface area (Å²) in [7, 11) is 0. The van der Waals surface area contributed by atoms with Crippen LogP contribution in [0.25, 0.3) is 20.4 Å². The van der Waals surface area contributed by atoms with Gasteiger partial charge in [0.15, 0.2) is 0 Å². The molecule has 0 aliphatic carbocycles. The molecule has 0 fully saturated rings. The lowest BCUT2D eigenvalue weighted by molar-refractivity contribution is 0.0818. The first kappa shape index (κ1) is 13.1. The molecule has 0 bridgehead atoms. The van der Waals surface area contributed by atoms with Gasteiger partial charge in [-0.25, -0.2) is 0 Å². The Bertz CT molecular complexity index is 1040. The van der Waals surface area contributed by atoms with E-state index in [-0.39, 0.29) is 5.56 Å². The highest BCUT2D eigenvalue weighted by atomic mass is 32.1. The smallest absolute Gasteiger partial charge is 0.235 e. The Hall–Kier alpha value is -2.58. The van der Waals surface area contributed by atoms with Gasteiger partial charge in [-0.3, -0.25) is 9.59 Å². The fourth-order valence-electron chi connectivity index (χ4n) is 2.16. The summed E-state index contributed by atoms with van der Waals surface area (Å²) in [5.41, 5.74) is 1.64. The number of carbonyl (C=O) groups is 2. The largest absolute Gasteiger partial charge is 0.285 e. The van der Waals surface area contributed by atoms with E-state index >= 15 is 0 Å². The molecule has 2 heterocycles. The first-order chi connectivity index (χ1) is 10.7. The molecular formula is C14H6N4O2S2. The molecule has 4 aromatic rings. The zero-order valence-corrected chi connectivity index (χ0v) is 12.5. The molecule has 0 unspecified atom stereocenters. The third-order valence-electron chi connectivity index (χ3n) is 3.24. The second-order valence-corrected chi connectivity index (χ2v) is 6.11. The lowest BCUT2D eigenvalue weighted by atomic mass is 10.0. The monoisotopic (exact) mass is 326 g/mol. The van der Waals surface area contributed by atoms with Crippen LogP contribution in [0.2, 0.25) is 0 Å². The summed E-state index contributed by atoms with van der Waals surface area (Å²) in [4.78, 5) is 24.9. The van der Waals surface area contributed by atoms with Crippen LogP contribution in [0.5, 0.6) is 0 Å². The highest BCUT2D eigenvalue weighted by molar-refractivity contribution is 7.13. The lowest BCUT2D eigenvalue weighted by Crippen LogP contribution is -2.15. The Balaban J connectivity index is 1.78. The van der Waals surface area contributed by atoms with Crippen LogP contribution in [0.15, 0.2) is 36.4 Å². The van der Waals surface area contributed by atoms with Crippen molar-refractivity contribution in [3.05, 3.63) is 47.5 Å². The summed E-state index contributed by atoms with van der Waals surface area (Å²) < 4.78 is 9.28. The van der Waals surface area contributed by atoms with Crippen LogP contribution in [-0.2, 0) is 0 Å². The molecule has 0 saturated carbocycles. The van der Waals surface area contributed by atoms with Crippen molar-refractivity contribution in [2.24, 2.45) is 0 Å². The van der Waals surface area contributed by atoms with Crippen molar-refractivity contribution in [2.45, 2.75) is 0 Å². The van der Waals surface area contributed by atoms with E-state index in [4.69, 9.17) is 0 Å². The van der Waals surface area contributed by atoms with Crippen LogP contribution < -0.4 is 0 Å². The van der Waals surface area contributed by atoms with E-state index in [9.17, 15) is 9.59 Å². The summed E-state index contributed by atoms with van der Waals surface area (Å²) in [6, 6.07) is 10.1. The van der Waals surface area contributed by atoms with Crippen LogP contribution in [0, 0.1) is 0 Å². The number of fused-ring (bicyclic) bond motifs is 2. The summed E-state index contributed by atoms with van der Waals surface area (Å²) in [6.07, 6.45) is 0. The first-order valence-corrected chi connectivity index (χ1v) is 7.81.